The van der Waals surface area contributed by atoms with Crippen molar-refractivity contribution in [3.05, 3.63) is 46.5 Å². The Hall–Kier alpha value is -1.39. The SMILES string of the molecule is CCNC(Cc1c(Cl)c(C)nn1CC)c1ccccn1. The van der Waals surface area contributed by atoms with Crippen LogP contribution in [0.3, 0.4) is 0 Å². The van der Waals surface area contributed by atoms with Crippen molar-refractivity contribution in [2.75, 3.05) is 6.54 Å². The van der Waals surface area contributed by atoms with E-state index in [1.807, 2.05) is 36.0 Å². The van der Waals surface area contributed by atoms with E-state index in [1.54, 1.807) is 0 Å². The summed E-state index contributed by atoms with van der Waals surface area (Å²) < 4.78 is 1.98. The fourth-order valence-electron chi connectivity index (χ4n) is 2.37. The first kappa shape index (κ1) is 15.0. The van der Waals surface area contributed by atoms with Crippen LogP contribution in [-0.2, 0) is 13.0 Å². The van der Waals surface area contributed by atoms with Crippen molar-refractivity contribution in [1.29, 1.82) is 0 Å². The summed E-state index contributed by atoms with van der Waals surface area (Å²) in [6.45, 7) is 7.83. The number of aromatic nitrogens is 3. The molecule has 0 spiro atoms. The minimum absolute atomic E-state index is 0.153. The van der Waals surface area contributed by atoms with E-state index in [-0.39, 0.29) is 6.04 Å². The monoisotopic (exact) mass is 292 g/mol. The number of pyridine rings is 1. The molecule has 2 aromatic rings. The molecule has 1 unspecified atom stereocenters. The van der Waals surface area contributed by atoms with Crippen molar-refractivity contribution in [2.24, 2.45) is 0 Å². The molecule has 0 aliphatic rings. The number of nitrogens with one attached hydrogen (secondary N) is 1. The zero-order chi connectivity index (χ0) is 14.5. The Kier molecular flexibility index (Phi) is 5.15. The Morgan fingerprint density at radius 2 is 2.15 bits per heavy atom. The molecule has 0 aliphatic carbocycles. The van der Waals surface area contributed by atoms with E-state index in [1.165, 1.54) is 0 Å². The van der Waals surface area contributed by atoms with Crippen LogP contribution in [0.5, 0.6) is 0 Å². The van der Waals surface area contributed by atoms with E-state index in [4.69, 9.17) is 11.6 Å². The fourth-order valence-corrected chi connectivity index (χ4v) is 2.58. The quantitative estimate of drug-likeness (QED) is 0.889. The summed E-state index contributed by atoms with van der Waals surface area (Å²) in [6, 6.07) is 6.14. The molecule has 20 heavy (non-hydrogen) atoms. The number of nitrogens with zero attached hydrogens (tertiary/aromatic N) is 3. The molecule has 2 aromatic heterocycles. The number of likely N-dealkylation sites (N-methyl/N-ethyl adjacent to an activating group) is 1. The van der Waals surface area contributed by atoms with Gasteiger partial charge in [0.1, 0.15) is 0 Å². The summed E-state index contributed by atoms with van der Waals surface area (Å²) in [7, 11) is 0. The first-order valence-corrected chi connectivity index (χ1v) is 7.41. The molecule has 2 heterocycles. The predicted octanol–water partition coefficient (Wildman–Crippen LogP) is 3.15. The van der Waals surface area contributed by atoms with Gasteiger partial charge in [0.25, 0.3) is 0 Å². The van der Waals surface area contributed by atoms with Crippen molar-refractivity contribution < 1.29 is 0 Å². The van der Waals surface area contributed by atoms with Gasteiger partial charge in [-0.3, -0.25) is 9.67 Å². The standard InChI is InChI=1S/C15H21ClN4/c1-4-17-13(12-8-6-7-9-18-12)10-14-15(16)11(3)19-20(14)5-2/h6-9,13,17H,4-5,10H2,1-3H3. The second kappa shape index (κ2) is 6.86. The van der Waals surface area contributed by atoms with Crippen molar-refractivity contribution in [3.63, 3.8) is 0 Å². The molecule has 5 heteroatoms. The molecule has 0 saturated heterocycles. The summed E-state index contributed by atoms with van der Waals surface area (Å²) >= 11 is 6.39. The Morgan fingerprint density at radius 3 is 2.75 bits per heavy atom. The average molecular weight is 293 g/mol. The van der Waals surface area contributed by atoms with Crippen LogP contribution >= 0.6 is 11.6 Å². The molecule has 108 valence electrons. The van der Waals surface area contributed by atoms with Crippen LogP contribution in [0.25, 0.3) is 0 Å². The maximum absolute atomic E-state index is 6.39. The number of halogens is 1. The Labute approximate surface area is 125 Å². The summed E-state index contributed by atoms with van der Waals surface area (Å²) in [5.74, 6) is 0. The Balaban J connectivity index is 2.29. The molecule has 0 aliphatic heterocycles. The van der Waals surface area contributed by atoms with E-state index < -0.39 is 0 Å². The number of hydrogen-bond acceptors (Lipinski definition) is 3. The molecular formula is C15H21ClN4. The summed E-state index contributed by atoms with van der Waals surface area (Å²) in [6.07, 6.45) is 2.61. The van der Waals surface area contributed by atoms with E-state index in [2.05, 4.69) is 29.2 Å². The topological polar surface area (TPSA) is 42.7 Å². The highest BCUT2D eigenvalue weighted by molar-refractivity contribution is 6.31. The molecule has 1 atom stereocenters. The van der Waals surface area contributed by atoms with Crippen LogP contribution in [0.1, 0.15) is 37.0 Å². The maximum Gasteiger partial charge on any atom is 0.0847 e. The molecule has 0 radical (unpaired) electrons. The van der Waals surface area contributed by atoms with Crippen LogP contribution in [-0.4, -0.2) is 21.3 Å². The zero-order valence-corrected chi connectivity index (χ0v) is 13.0. The molecule has 0 bridgehead atoms. The van der Waals surface area contributed by atoms with Gasteiger partial charge >= 0.3 is 0 Å². The second-order valence-corrected chi connectivity index (χ2v) is 5.11. The number of hydrogen-bond donors (Lipinski definition) is 1. The van der Waals surface area contributed by atoms with E-state index >= 15 is 0 Å². The zero-order valence-electron chi connectivity index (χ0n) is 12.2. The third-order valence-corrected chi connectivity index (χ3v) is 3.84. The minimum Gasteiger partial charge on any atom is -0.309 e. The smallest absolute Gasteiger partial charge is 0.0847 e. The fraction of sp³-hybridized carbons (Fsp3) is 0.467. The number of aryl methyl sites for hydroxylation is 2. The van der Waals surface area contributed by atoms with Gasteiger partial charge in [-0.2, -0.15) is 5.10 Å². The van der Waals surface area contributed by atoms with Gasteiger partial charge in [0.05, 0.1) is 28.1 Å². The molecule has 1 N–H and O–H groups in total. The lowest BCUT2D eigenvalue weighted by Gasteiger charge is -2.18. The van der Waals surface area contributed by atoms with Gasteiger partial charge in [0, 0.05) is 19.2 Å². The van der Waals surface area contributed by atoms with Gasteiger partial charge < -0.3 is 5.32 Å². The van der Waals surface area contributed by atoms with Crippen LogP contribution in [0.4, 0.5) is 0 Å². The lowest BCUT2D eigenvalue weighted by atomic mass is 10.1. The highest BCUT2D eigenvalue weighted by Crippen LogP contribution is 2.25. The summed E-state index contributed by atoms with van der Waals surface area (Å²) in [5.41, 5.74) is 3.00. The molecular weight excluding hydrogens is 272 g/mol. The molecule has 4 nitrogen and oxygen atoms in total. The maximum atomic E-state index is 6.39. The van der Waals surface area contributed by atoms with Gasteiger partial charge in [-0.25, -0.2) is 0 Å². The third kappa shape index (κ3) is 3.19. The molecule has 0 saturated carbocycles. The third-order valence-electron chi connectivity index (χ3n) is 3.35. The van der Waals surface area contributed by atoms with Gasteiger partial charge in [0.15, 0.2) is 0 Å². The van der Waals surface area contributed by atoms with Crippen molar-refractivity contribution in [1.82, 2.24) is 20.1 Å². The van der Waals surface area contributed by atoms with Crippen LogP contribution in [0.15, 0.2) is 24.4 Å². The van der Waals surface area contributed by atoms with Crippen LogP contribution < -0.4 is 5.32 Å². The predicted molar refractivity (Wildman–Crippen MR) is 82.0 cm³/mol. The Bertz CT molecular complexity index is 551. The van der Waals surface area contributed by atoms with E-state index in [9.17, 15) is 0 Å². The van der Waals surface area contributed by atoms with Crippen molar-refractivity contribution in [3.8, 4) is 0 Å². The number of rotatable bonds is 6. The first-order valence-electron chi connectivity index (χ1n) is 7.03. The molecule has 0 aromatic carbocycles. The van der Waals surface area contributed by atoms with Crippen molar-refractivity contribution >= 4 is 11.6 Å². The molecule has 0 fully saturated rings. The lowest BCUT2D eigenvalue weighted by molar-refractivity contribution is 0.507. The normalized spacial score (nSPS) is 12.6. The summed E-state index contributed by atoms with van der Waals surface area (Å²) in [4.78, 5) is 4.45. The lowest BCUT2D eigenvalue weighted by Crippen LogP contribution is -2.25. The molecule has 2 rings (SSSR count). The highest BCUT2D eigenvalue weighted by Gasteiger charge is 2.19. The average Bonchev–Trinajstić information content (AvgIpc) is 2.75. The highest BCUT2D eigenvalue weighted by atomic mass is 35.5. The van der Waals surface area contributed by atoms with Crippen molar-refractivity contribution in [2.45, 2.75) is 39.8 Å². The van der Waals surface area contributed by atoms with Gasteiger partial charge in [-0.15, -0.1) is 0 Å². The Morgan fingerprint density at radius 1 is 1.35 bits per heavy atom. The molecule has 0 amide bonds. The minimum atomic E-state index is 0.153. The summed E-state index contributed by atoms with van der Waals surface area (Å²) in [5, 5.41) is 8.71. The van der Waals surface area contributed by atoms with Gasteiger partial charge in [-0.1, -0.05) is 24.6 Å². The van der Waals surface area contributed by atoms with Crippen LogP contribution in [0, 0.1) is 6.92 Å². The van der Waals surface area contributed by atoms with Crippen LogP contribution in [0.2, 0.25) is 5.02 Å². The first-order chi connectivity index (χ1) is 9.67. The van der Waals surface area contributed by atoms with E-state index in [0.29, 0.717) is 0 Å². The van der Waals surface area contributed by atoms with Gasteiger partial charge in [-0.05, 0) is 32.5 Å². The van der Waals surface area contributed by atoms with Gasteiger partial charge in [0.2, 0.25) is 0 Å². The second-order valence-electron chi connectivity index (χ2n) is 4.73. The largest absolute Gasteiger partial charge is 0.309 e. The van der Waals surface area contributed by atoms with E-state index in [0.717, 1.165) is 41.6 Å².